The van der Waals surface area contributed by atoms with Crippen molar-refractivity contribution >= 4 is 0 Å². The summed E-state index contributed by atoms with van der Waals surface area (Å²) in [5, 5.41) is 8.75. The Balaban J connectivity index is 3.27. The fourth-order valence-corrected chi connectivity index (χ4v) is 1.37. The van der Waals surface area contributed by atoms with E-state index in [-0.39, 0.29) is 0 Å². The smallest absolute Gasteiger partial charge is 0.0456 e. The Morgan fingerprint density at radius 3 is 2.20 bits per heavy atom. The molecule has 0 unspecified atom stereocenters. The van der Waals surface area contributed by atoms with E-state index in [0.717, 1.165) is 5.92 Å². The number of aliphatic hydroxyl groups excluding tert-OH is 1. The van der Waals surface area contributed by atoms with E-state index in [4.69, 9.17) is 5.11 Å². The standard InChI is InChI=1S/C9H20O/c1-4-5-8(2)6-9(3)7-10/h8-10H,4-7H2,1-3H3/t8-,9+/m0/s1. The van der Waals surface area contributed by atoms with Gasteiger partial charge >= 0.3 is 0 Å². The van der Waals surface area contributed by atoms with Crippen molar-refractivity contribution in [3.8, 4) is 0 Å². The van der Waals surface area contributed by atoms with Gasteiger partial charge in [0.15, 0.2) is 0 Å². The van der Waals surface area contributed by atoms with Crippen LogP contribution in [-0.2, 0) is 0 Å². The highest BCUT2D eigenvalue weighted by molar-refractivity contribution is 4.57. The SMILES string of the molecule is CCC[C@H](C)C[C@@H](C)CO. The van der Waals surface area contributed by atoms with Crippen molar-refractivity contribution in [1.82, 2.24) is 0 Å². The van der Waals surface area contributed by atoms with Gasteiger partial charge in [-0.3, -0.25) is 0 Å². The largest absolute Gasteiger partial charge is 0.396 e. The molecule has 0 fully saturated rings. The predicted molar refractivity (Wildman–Crippen MR) is 44.9 cm³/mol. The molecule has 0 rings (SSSR count). The normalized spacial score (nSPS) is 16.8. The van der Waals surface area contributed by atoms with Crippen LogP contribution < -0.4 is 0 Å². The van der Waals surface area contributed by atoms with Gasteiger partial charge in [0, 0.05) is 6.61 Å². The molecule has 10 heavy (non-hydrogen) atoms. The molecule has 0 heterocycles. The first-order chi connectivity index (χ1) is 4.70. The van der Waals surface area contributed by atoms with Gasteiger partial charge in [-0.1, -0.05) is 33.6 Å². The lowest BCUT2D eigenvalue weighted by Crippen LogP contribution is -2.06. The van der Waals surface area contributed by atoms with Gasteiger partial charge in [-0.05, 0) is 18.3 Å². The highest BCUT2D eigenvalue weighted by Crippen LogP contribution is 2.15. The monoisotopic (exact) mass is 144 g/mol. The molecule has 0 saturated heterocycles. The molecule has 0 aliphatic carbocycles. The van der Waals surface area contributed by atoms with Crippen LogP contribution in [0, 0.1) is 11.8 Å². The second kappa shape index (κ2) is 5.72. The maximum atomic E-state index is 8.75. The lowest BCUT2D eigenvalue weighted by atomic mass is 9.94. The fourth-order valence-electron chi connectivity index (χ4n) is 1.37. The van der Waals surface area contributed by atoms with Crippen LogP contribution in [0.2, 0.25) is 0 Å². The number of hydrogen-bond acceptors (Lipinski definition) is 1. The van der Waals surface area contributed by atoms with Gasteiger partial charge in [0.2, 0.25) is 0 Å². The predicted octanol–water partition coefficient (Wildman–Crippen LogP) is 2.44. The van der Waals surface area contributed by atoms with Crippen molar-refractivity contribution < 1.29 is 5.11 Å². The zero-order valence-corrected chi connectivity index (χ0v) is 7.43. The second-order valence-corrected chi connectivity index (χ2v) is 3.42. The average molecular weight is 144 g/mol. The minimum atomic E-state index is 0.341. The van der Waals surface area contributed by atoms with Crippen molar-refractivity contribution in [2.75, 3.05) is 6.61 Å². The first-order valence-electron chi connectivity index (χ1n) is 4.31. The molecule has 0 aliphatic heterocycles. The summed E-state index contributed by atoms with van der Waals surface area (Å²) in [6, 6.07) is 0. The number of rotatable bonds is 5. The summed E-state index contributed by atoms with van der Waals surface area (Å²) < 4.78 is 0. The van der Waals surface area contributed by atoms with Crippen molar-refractivity contribution in [2.45, 2.75) is 40.0 Å². The molecule has 0 amide bonds. The first-order valence-corrected chi connectivity index (χ1v) is 4.31. The van der Waals surface area contributed by atoms with Crippen LogP contribution in [0.4, 0.5) is 0 Å². The molecule has 0 spiro atoms. The molecular weight excluding hydrogens is 124 g/mol. The van der Waals surface area contributed by atoms with Gasteiger partial charge in [0.25, 0.3) is 0 Å². The van der Waals surface area contributed by atoms with E-state index < -0.39 is 0 Å². The average Bonchev–Trinajstić information content (AvgIpc) is 1.88. The summed E-state index contributed by atoms with van der Waals surface area (Å²) >= 11 is 0. The van der Waals surface area contributed by atoms with Gasteiger partial charge in [-0.2, -0.15) is 0 Å². The molecule has 1 nitrogen and oxygen atoms in total. The van der Waals surface area contributed by atoms with E-state index in [1.165, 1.54) is 19.3 Å². The van der Waals surface area contributed by atoms with Crippen LogP contribution in [-0.4, -0.2) is 11.7 Å². The molecule has 0 aromatic rings. The third kappa shape index (κ3) is 4.80. The van der Waals surface area contributed by atoms with Crippen molar-refractivity contribution in [3.05, 3.63) is 0 Å². The minimum Gasteiger partial charge on any atom is -0.396 e. The Labute approximate surface area is 64.5 Å². The highest BCUT2D eigenvalue weighted by atomic mass is 16.3. The van der Waals surface area contributed by atoms with Gasteiger partial charge in [-0.25, -0.2) is 0 Å². The van der Waals surface area contributed by atoms with Gasteiger partial charge in [-0.15, -0.1) is 0 Å². The Morgan fingerprint density at radius 1 is 1.20 bits per heavy atom. The van der Waals surface area contributed by atoms with E-state index >= 15 is 0 Å². The summed E-state index contributed by atoms with van der Waals surface area (Å²) in [6.07, 6.45) is 3.73. The van der Waals surface area contributed by atoms with Gasteiger partial charge < -0.3 is 5.11 Å². The van der Waals surface area contributed by atoms with Crippen LogP contribution in [0.5, 0.6) is 0 Å². The molecular formula is C9H20O. The number of hydrogen-bond donors (Lipinski definition) is 1. The summed E-state index contributed by atoms with van der Waals surface area (Å²) in [6.45, 7) is 6.91. The summed E-state index contributed by atoms with van der Waals surface area (Å²) in [5.41, 5.74) is 0. The molecule has 0 aromatic carbocycles. The first kappa shape index (κ1) is 9.96. The van der Waals surface area contributed by atoms with Crippen LogP contribution in [0.15, 0.2) is 0 Å². The van der Waals surface area contributed by atoms with E-state index in [9.17, 15) is 0 Å². The molecule has 0 bridgehead atoms. The third-order valence-corrected chi connectivity index (χ3v) is 1.90. The van der Waals surface area contributed by atoms with Crippen molar-refractivity contribution in [1.29, 1.82) is 0 Å². The number of aliphatic hydroxyl groups is 1. The summed E-state index contributed by atoms with van der Waals surface area (Å²) in [4.78, 5) is 0. The van der Waals surface area contributed by atoms with Gasteiger partial charge in [0.1, 0.15) is 0 Å². The van der Waals surface area contributed by atoms with E-state index in [1.807, 2.05) is 0 Å². The minimum absolute atomic E-state index is 0.341. The zero-order chi connectivity index (χ0) is 7.98. The van der Waals surface area contributed by atoms with Crippen LogP contribution in [0.25, 0.3) is 0 Å². The van der Waals surface area contributed by atoms with Crippen LogP contribution >= 0.6 is 0 Å². The topological polar surface area (TPSA) is 20.2 Å². The Morgan fingerprint density at radius 2 is 1.80 bits per heavy atom. The zero-order valence-electron chi connectivity index (χ0n) is 7.43. The fraction of sp³-hybridized carbons (Fsp3) is 1.00. The molecule has 0 aromatic heterocycles. The Hall–Kier alpha value is -0.0400. The van der Waals surface area contributed by atoms with Crippen LogP contribution in [0.1, 0.15) is 40.0 Å². The molecule has 0 aliphatic rings. The summed E-state index contributed by atoms with van der Waals surface area (Å²) in [7, 11) is 0. The second-order valence-electron chi connectivity index (χ2n) is 3.42. The van der Waals surface area contributed by atoms with E-state index in [1.54, 1.807) is 0 Å². The maximum Gasteiger partial charge on any atom is 0.0456 e. The maximum absolute atomic E-state index is 8.75. The molecule has 1 heteroatoms. The highest BCUT2D eigenvalue weighted by Gasteiger charge is 2.05. The molecule has 0 radical (unpaired) electrons. The van der Waals surface area contributed by atoms with E-state index in [0.29, 0.717) is 12.5 Å². The quantitative estimate of drug-likeness (QED) is 0.628. The van der Waals surface area contributed by atoms with Crippen LogP contribution in [0.3, 0.4) is 0 Å². The molecule has 2 atom stereocenters. The lowest BCUT2D eigenvalue weighted by molar-refractivity contribution is 0.213. The Bertz CT molecular complexity index is 71.1. The molecule has 1 N–H and O–H groups in total. The van der Waals surface area contributed by atoms with Crippen molar-refractivity contribution in [2.24, 2.45) is 11.8 Å². The molecule has 0 saturated carbocycles. The lowest BCUT2D eigenvalue weighted by Gasteiger charge is -2.13. The summed E-state index contributed by atoms with van der Waals surface area (Å²) in [5.74, 6) is 1.27. The third-order valence-electron chi connectivity index (χ3n) is 1.90. The Kier molecular flexibility index (Phi) is 5.70. The molecule has 62 valence electrons. The van der Waals surface area contributed by atoms with Gasteiger partial charge in [0.05, 0.1) is 0 Å². The van der Waals surface area contributed by atoms with Crippen molar-refractivity contribution in [3.63, 3.8) is 0 Å². The van der Waals surface area contributed by atoms with E-state index in [2.05, 4.69) is 20.8 Å².